The van der Waals surface area contributed by atoms with Gasteiger partial charge in [0.05, 0.1) is 19.1 Å². The molecule has 1 aliphatic rings. The van der Waals surface area contributed by atoms with E-state index in [1.807, 2.05) is 0 Å². The summed E-state index contributed by atoms with van der Waals surface area (Å²) < 4.78 is 41.3. The van der Waals surface area contributed by atoms with Crippen LogP contribution in [0.1, 0.15) is 39.0 Å². The van der Waals surface area contributed by atoms with E-state index in [-0.39, 0.29) is 6.10 Å². The van der Waals surface area contributed by atoms with Crippen LogP contribution in [0.25, 0.3) is 0 Å². The van der Waals surface area contributed by atoms with Crippen molar-refractivity contribution in [1.82, 2.24) is 10.6 Å². The summed E-state index contributed by atoms with van der Waals surface area (Å²) >= 11 is 0. The van der Waals surface area contributed by atoms with Gasteiger partial charge in [-0.1, -0.05) is 19.8 Å². The zero-order chi connectivity index (χ0) is 15.0. The molecule has 2 N–H and O–H groups in total. The van der Waals surface area contributed by atoms with E-state index in [1.54, 1.807) is 0 Å². The Morgan fingerprint density at radius 3 is 2.50 bits per heavy atom. The van der Waals surface area contributed by atoms with Gasteiger partial charge in [0.25, 0.3) is 0 Å². The van der Waals surface area contributed by atoms with E-state index in [4.69, 9.17) is 4.74 Å². The molecule has 0 saturated heterocycles. The lowest BCUT2D eigenvalue weighted by Crippen LogP contribution is -2.39. The summed E-state index contributed by atoms with van der Waals surface area (Å²) in [5, 5.41) is 4.64. The molecule has 0 bridgehead atoms. The molecule has 1 rings (SSSR count). The van der Waals surface area contributed by atoms with E-state index in [0.717, 1.165) is 12.8 Å². The summed E-state index contributed by atoms with van der Waals surface area (Å²) in [6.07, 6.45) is -0.418. The topological polar surface area (TPSA) is 50.4 Å². The Hall–Kier alpha value is -0.980. The monoisotopic (exact) mass is 296 g/mol. The highest BCUT2D eigenvalue weighted by atomic mass is 19.4. The lowest BCUT2D eigenvalue weighted by molar-refractivity contribution is -0.132. The van der Waals surface area contributed by atoms with Crippen LogP contribution in [0.4, 0.5) is 18.0 Å². The first-order valence-electron chi connectivity index (χ1n) is 7.08. The molecule has 1 aliphatic carbocycles. The van der Waals surface area contributed by atoms with Gasteiger partial charge in [-0.25, -0.2) is 4.79 Å². The first-order valence-corrected chi connectivity index (χ1v) is 7.08. The van der Waals surface area contributed by atoms with E-state index in [0.29, 0.717) is 19.1 Å². The highest BCUT2D eigenvalue weighted by Crippen LogP contribution is 2.25. The van der Waals surface area contributed by atoms with Crippen LogP contribution in [0.3, 0.4) is 0 Å². The van der Waals surface area contributed by atoms with Crippen molar-refractivity contribution >= 4 is 6.03 Å². The number of urea groups is 1. The predicted molar refractivity (Wildman–Crippen MR) is 69.4 cm³/mol. The molecule has 20 heavy (non-hydrogen) atoms. The van der Waals surface area contributed by atoms with Crippen molar-refractivity contribution in [3.63, 3.8) is 0 Å². The minimum Gasteiger partial charge on any atom is -0.376 e. The molecule has 0 aromatic carbocycles. The molecule has 0 aliphatic heterocycles. The largest absolute Gasteiger partial charge is 0.390 e. The normalized spacial score (nSPS) is 23.4. The molecular weight excluding hydrogens is 273 g/mol. The van der Waals surface area contributed by atoms with Crippen molar-refractivity contribution in [3.8, 4) is 0 Å². The molecule has 1 saturated carbocycles. The Morgan fingerprint density at radius 2 is 1.85 bits per heavy atom. The lowest BCUT2D eigenvalue weighted by atomic mass is 9.88. The molecule has 0 radical (unpaired) electrons. The number of carbonyl (C=O) groups is 1. The van der Waals surface area contributed by atoms with Gasteiger partial charge in [0.1, 0.15) is 0 Å². The van der Waals surface area contributed by atoms with Gasteiger partial charge in [-0.15, -0.1) is 0 Å². The Morgan fingerprint density at radius 1 is 1.20 bits per heavy atom. The molecule has 2 atom stereocenters. The summed E-state index contributed by atoms with van der Waals surface area (Å²) in [5.74, 6) is 0.532. The maximum atomic E-state index is 11.9. The van der Waals surface area contributed by atoms with Crippen molar-refractivity contribution < 1.29 is 22.7 Å². The van der Waals surface area contributed by atoms with E-state index >= 15 is 0 Å². The highest BCUT2D eigenvalue weighted by Gasteiger charge is 2.26. The van der Waals surface area contributed by atoms with Crippen molar-refractivity contribution in [2.75, 3.05) is 19.7 Å². The van der Waals surface area contributed by atoms with E-state index < -0.39 is 25.2 Å². The number of ether oxygens (including phenoxy) is 1. The third kappa shape index (κ3) is 7.57. The number of rotatable bonds is 6. The molecule has 2 amide bonds. The molecular formula is C13H23F3N2O2. The Labute approximate surface area is 117 Å². The van der Waals surface area contributed by atoms with Gasteiger partial charge in [-0.05, 0) is 18.8 Å². The molecule has 4 nitrogen and oxygen atoms in total. The van der Waals surface area contributed by atoms with Crippen LogP contribution in [0.2, 0.25) is 0 Å². The zero-order valence-corrected chi connectivity index (χ0v) is 11.8. The fourth-order valence-corrected chi connectivity index (χ4v) is 2.28. The molecule has 0 aromatic rings. The summed E-state index contributed by atoms with van der Waals surface area (Å²) in [6.45, 7) is 2.44. The maximum absolute atomic E-state index is 11.9. The number of nitrogens with one attached hydrogen (secondary N) is 2. The summed E-state index contributed by atoms with van der Waals surface area (Å²) in [7, 11) is 0. The number of hydrogen-bond donors (Lipinski definition) is 2. The van der Waals surface area contributed by atoms with Crippen molar-refractivity contribution in [2.45, 2.75) is 51.3 Å². The molecule has 0 aromatic heterocycles. The molecule has 0 spiro atoms. The maximum Gasteiger partial charge on any atom is 0.390 e. The first kappa shape index (κ1) is 17.1. The van der Waals surface area contributed by atoms with Crippen LogP contribution in [0.5, 0.6) is 0 Å². The van der Waals surface area contributed by atoms with Gasteiger partial charge in [0.2, 0.25) is 0 Å². The van der Waals surface area contributed by atoms with Crippen LogP contribution in [0.15, 0.2) is 0 Å². The second kappa shape index (κ2) is 8.34. The van der Waals surface area contributed by atoms with Crippen LogP contribution >= 0.6 is 0 Å². The quantitative estimate of drug-likeness (QED) is 0.741. The molecule has 118 valence electrons. The minimum atomic E-state index is -4.24. The predicted octanol–water partition coefficient (Wildman–Crippen LogP) is 2.83. The van der Waals surface area contributed by atoms with E-state index in [2.05, 4.69) is 17.6 Å². The van der Waals surface area contributed by atoms with Gasteiger partial charge in [-0.3, -0.25) is 0 Å². The van der Waals surface area contributed by atoms with E-state index in [9.17, 15) is 18.0 Å². The van der Waals surface area contributed by atoms with Gasteiger partial charge < -0.3 is 15.4 Å². The molecule has 0 unspecified atom stereocenters. The van der Waals surface area contributed by atoms with Crippen molar-refractivity contribution in [2.24, 2.45) is 5.92 Å². The second-order valence-electron chi connectivity index (χ2n) is 5.22. The van der Waals surface area contributed by atoms with Crippen LogP contribution in [-0.2, 0) is 4.74 Å². The average Bonchev–Trinajstić information content (AvgIpc) is 2.35. The van der Waals surface area contributed by atoms with Gasteiger partial charge in [0, 0.05) is 13.1 Å². The zero-order valence-electron chi connectivity index (χ0n) is 11.8. The Bertz CT molecular complexity index is 298. The average molecular weight is 296 g/mol. The SMILES string of the molecule is C[C@@H]1CCCC[C@H]1OCCNC(=O)NCCC(F)(F)F. The molecule has 1 fully saturated rings. The van der Waals surface area contributed by atoms with Crippen LogP contribution in [-0.4, -0.2) is 38.0 Å². The second-order valence-corrected chi connectivity index (χ2v) is 5.22. The fraction of sp³-hybridized carbons (Fsp3) is 0.923. The Balaban J connectivity index is 2.01. The number of hydrogen-bond acceptors (Lipinski definition) is 2. The molecule has 0 heterocycles. The molecule has 7 heteroatoms. The summed E-state index contributed by atoms with van der Waals surface area (Å²) in [6, 6.07) is -0.588. The first-order chi connectivity index (χ1) is 9.38. The number of halogens is 3. The standard InChI is InChI=1S/C13H23F3N2O2/c1-10-4-2-3-5-11(10)20-9-8-18-12(19)17-7-6-13(14,15)16/h10-11H,2-9H2,1H3,(H2,17,18,19)/t10-,11-/m1/s1. The fourth-order valence-electron chi connectivity index (χ4n) is 2.28. The van der Waals surface area contributed by atoms with Crippen LogP contribution < -0.4 is 10.6 Å². The summed E-state index contributed by atoms with van der Waals surface area (Å²) in [5.41, 5.74) is 0. The Kier molecular flexibility index (Phi) is 7.12. The van der Waals surface area contributed by atoms with Gasteiger partial charge in [0.15, 0.2) is 0 Å². The van der Waals surface area contributed by atoms with Crippen LogP contribution in [0, 0.1) is 5.92 Å². The van der Waals surface area contributed by atoms with Gasteiger partial charge >= 0.3 is 12.2 Å². The third-order valence-electron chi connectivity index (χ3n) is 3.45. The van der Waals surface area contributed by atoms with Gasteiger partial charge in [-0.2, -0.15) is 13.2 Å². The van der Waals surface area contributed by atoms with Crippen molar-refractivity contribution in [3.05, 3.63) is 0 Å². The minimum absolute atomic E-state index is 0.235. The smallest absolute Gasteiger partial charge is 0.376 e. The summed E-state index contributed by atoms with van der Waals surface area (Å²) in [4.78, 5) is 11.2. The van der Waals surface area contributed by atoms with E-state index in [1.165, 1.54) is 12.8 Å². The lowest BCUT2D eigenvalue weighted by Gasteiger charge is -2.28. The van der Waals surface area contributed by atoms with Crippen molar-refractivity contribution in [1.29, 1.82) is 0 Å². The number of amides is 2. The highest BCUT2D eigenvalue weighted by molar-refractivity contribution is 5.73. The third-order valence-corrected chi connectivity index (χ3v) is 3.45. The number of carbonyl (C=O) groups excluding carboxylic acids is 1. The number of alkyl halides is 3.